The number of hydrogen-bond acceptors (Lipinski definition) is 4. The van der Waals surface area contributed by atoms with Gasteiger partial charge in [0.15, 0.2) is 11.2 Å². The number of rotatable bonds is 4. The first-order valence-electron chi connectivity index (χ1n) is 9.92. The maximum absolute atomic E-state index is 14.4. The van der Waals surface area contributed by atoms with E-state index >= 15 is 0 Å². The second-order valence-corrected chi connectivity index (χ2v) is 8.10. The summed E-state index contributed by atoms with van der Waals surface area (Å²) < 4.78 is 25.8. The van der Waals surface area contributed by atoms with Crippen LogP contribution in [-0.2, 0) is 20.1 Å². The maximum atomic E-state index is 14.4. The first kappa shape index (κ1) is 20.3. The predicted octanol–water partition coefficient (Wildman–Crippen LogP) is 3.25. The summed E-state index contributed by atoms with van der Waals surface area (Å²) >= 11 is 6.14. The van der Waals surface area contributed by atoms with E-state index in [1.165, 1.54) is 29.8 Å². The van der Waals surface area contributed by atoms with E-state index in [2.05, 4.69) is 4.98 Å². The van der Waals surface area contributed by atoms with Crippen molar-refractivity contribution >= 4 is 28.5 Å². The van der Waals surface area contributed by atoms with Gasteiger partial charge in [-0.3, -0.25) is 18.3 Å². The zero-order valence-corrected chi connectivity index (χ0v) is 18.4. The van der Waals surface area contributed by atoms with E-state index in [4.69, 9.17) is 16.0 Å². The highest BCUT2D eigenvalue weighted by atomic mass is 35.5. The van der Waals surface area contributed by atoms with E-state index in [0.717, 1.165) is 21.7 Å². The Hall–Kier alpha value is -3.59. The van der Waals surface area contributed by atoms with Gasteiger partial charge in [0.25, 0.3) is 5.56 Å². The average Bonchev–Trinajstić information content (AvgIpc) is 3.46. The van der Waals surface area contributed by atoms with Crippen LogP contribution < -0.4 is 11.2 Å². The van der Waals surface area contributed by atoms with Gasteiger partial charge in [0.2, 0.25) is 5.78 Å². The van der Waals surface area contributed by atoms with Gasteiger partial charge in [0.05, 0.1) is 19.4 Å². The number of hydrogen-bond donors (Lipinski definition) is 0. The van der Waals surface area contributed by atoms with Crippen LogP contribution in [0.2, 0.25) is 5.02 Å². The SMILES string of the molecule is Cc1c(C)n2c3c(=O)n(Cc4c(F)cccc4Cl)c(=O)n(C)c3nc2n1Cc1ccco1. The van der Waals surface area contributed by atoms with Crippen LogP contribution >= 0.6 is 11.6 Å². The van der Waals surface area contributed by atoms with Gasteiger partial charge in [-0.15, -0.1) is 0 Å². The summed E-state index contributed by atoms with van der Waals surface area (Å²) in [5, 5.41) is 0.147. The molecule has 0 spiro atoms. The molecule has 8 nitrogen and oxygen atoms in total. The molecule has 0 aliphatic rings. The van der Waals surface area contributed by atoms with Crippen LogP contribution in [0.5, 0.6) is 0 Å². The Labute approximate surface area is 185 Å². The summed E-state index contributed by atoms with van der Waals surface area (Å²) in [5.74, 6) is 0.667. The molecule has 164 valence electrons. The summed E-state index contributed by atoms with van der Waals surface area (Å²) in [4.78, 5) is 31.1. The fourth-order valence-electron chi connectivity index (χ4n) is 4.04. The second-order valence-electron chi connectivity index (χ2n) is 7.69. The molecule has 32 heavy (non-hydrogen) atoms. The molecule has 0 atom stereocenters. The minimum atomic E-state index is -0.602. The van der Waals surface area contributed by atoms with Crippen LogP contribution in [0.4, 0.5) is 4.39 Å². The minimum Gasteiger partial charge on any atom is -0.467 e. The van der Waals surface area contributed by atoms with Crippen molar-refractivity contribution in [3.63, 3.8) is 0 Å². The van der Waals surface area contributed by atoms with Crippen molar-refractivity contribution in [2.24, 2.45) is 7.05 Å². The number of aryl methyl sites for hydroxylation is 2. The normalized spacial score (nSPS) is 11.8. The molecule has 10 heteroatoms. The summed E-state index contributed by atoms with van der Waals surface area (Å²) in [6.07, 6.45) is 1.59. The van der Waals surface area contributed by atoms with Crippen LogP contribution in [0, 0.1) is 19.7 Å². The van der Waals surface area contributed by atoms with Crippen LogP contribution in [-0.4, -0.2) is 23.1 Å². The quantitative estimate of drug-likeness (QED) is 0.416. The standard InChI is InChI=1S/C22H19ClFN5O3/c1-12-13(2)29-18-19(25-21(29)27(12)10-14-6-5-9-32-14)26(3)22(31)28(20(18)30)11-15-16(23)7-4-8-17(15)24/h4-9H,10-11H2,1-3H3. The zero-order chi connectivity index (χ0) is 22.7. The fourth-order valence-corrected chi connectivity index (χ4v) is 4.27. The second kappa shape index (κ2) is 7.23. The Morgan fingerprint density at radius 1 is 1.06 bits per heavy atom. The summed E-state index contributed by atoms with van der Waals surface area (Å²) in [7, 11) is 1.54. The monoisotopic (exact) mass is 455 g/mol. The number of furan rings is 1. The van der Waals surface area contributed by atoms with Crippen LogP contribution in [0.15, 0.2) is 50.6 Å². The number of fused-ring (bicyclic) bond motifs is 3. The molecule has 5 rings (SSSR count). The predicted molar refractivity (Wildman–Crippen MR) is 118 cm³/mol. The molecule has 0 radical (unpaired) electrons. The molecule has 0 fully saturated rings. The van der Waals surface area contributed by atoms with Gasteiger partial charge < -0.3 is 8.98 Å². The highest BCUT2D eigenvalue weighted by Crippen LogP contribution is 2.23. The number of imidazole rings is 2. The molecule has 0 amide bonds. The lowest BCUT2D eigenvalue weighted by molar-refractivity contribution is 0.494. The number of aromatic nitrogens is 5. The summed E-state index contributed by atoms with van der Waals surface area (Å²) in [6.45, 7) is 3.95. The molecule has 4 aromatic heterocycles. The first-order chi connectivity index (χ1) is 15.3. The highest BCUT2D eigenvalue weighted by molar-refractivity contribution is 6.31. The zero-order valence-electron chi connectivity index (χ0n) is 17.6. The van der Waals surface area contributed by atoms with E-state index in [1.807, 2.05) is 24.5 Å². The van der Waals surface area contributed by atoms with Crippen LogP contribution in [0.3, 0.4) is 0 Å². The van der Waals surface area contributed by atoms with Gasteiger partial charge >= 0.3 is 5.69 Å². The van der Waals surface area contributed by atoms with E-state index in [9.17, 15) is 14.0 Å². The Bertz CT molecular complexity index is 1600. The summed E-state index contributed by atoms with van der Waals surface area (Å²) in [6, 6.07) is 7.90. The van der Waals surface area contributed by atoms with Gasteiger partial charge in [-0.05, 0) is 38.1 Å². The van der Waals surface area contributed by atoms with E-state index in [1.54, 1.807) is 16.7 Å². The number of halogens is 2. The topological polar surface area (TPSA) is 79.4 Å². The lowest BCUT2D eigenvalue weighted by atomic mass is 10.2. The molecular formula is C22H19ClFN5O3. The molecule has 5 aromatic rings. The maximum Gasteiger partial charge on any atom is 0.332 e. The van der Waals surface area contributed by atoms with Crippen molar-refractivity contribution in [2.75, 3.05) is 0 Å². The Balaban J connectivity index is 1.80. The van der Waals surface area contributed by atoms with Crippen molar-refractivity contribution < 1.29 is 8.81 Å². The average molecular weight is 456 g/mol. The Kier molecular flexibility index (Phi) is 4.59. The highest BCUT2D eigenvalue weighted by Gasteiger charge is 2.23. The minimum absolute atomic E-state index is 0.0803. The molecule has 0 unspecified atom stereocenters. The Morgan fingerprint density at radius 3 is 2.53 bits per heavy atom. The van der Waals surface area contributed by atoms with E-state index < -0.39 is 17.1 Å². The smallest absolute Gasteiger partial charge is 0.332 e. The van der Waals surface area contributed by atoms with Crippen LogP contribution in [0.25, 0.3) is 16.9 Å². The van der Waals surface area contributed by atoms with Crippen molar-refractivity contribution in [3.05, 3.63) is 91.0 Å². The van der Waals surface area contributed by atoms with Crippen molar-refractivity contribution in [2.45, 2.75) is 26.9 Å². The molecule has 0 aliphatic carbocycles. The van der Waals surface area contributed by atoms with Gasteiger partial charge in [0.1, 0.15) is 11.6 Å². The van der Waals surface area contributed by atoms with Gasteiger partial charge in [-0.1, -0.05) is 17.7 Å². The fraction of sp³-hybridized carbons (Fsp3) is 0.227. The van der Waals surface area contributed by atoms with Gasteiger partial charge in [-0.2, -0.15) is 4.98 Å². The molecule has 0 bridgehead atoms. The third-order valence-electron chi connectivity index (χ3n) is 5.90. The van der Waals surface area contributed by atoms with Crippen molar-refractivity contribution in [1.29, 1.82) is 0 Å². The largest absolute Gasteiger partial charge is 0.467 e. The third-order valence-corrected chi connectivity index (χ3v) is 6.26. The molecular weight excluding hydrogens is 437 g/mol. The summed E-state index contributed by atoms with van der Waals surface area (Å²) in [5.41, 5.74) is 1.12. The molecule has 0 saturated heterocycles. The molecule has 0 aliphatic heterocycles. The number of benzene rings is 1. The first-order valence-corrected chi connectivity index (χ1v) is 10.3. The number of nitrogens with zero attached hydrogens (tertiary/aromatic N) is 5. The molecule has 1 aromatic carbocycles. The molecule has 0 N–H and O–H groups in total. The van der Waals surface area contributed by atoms with Crippen molar-refractivity contribution in [1.82, 2.24) is 23.1 Å². The van der Waals surface area contributed by atoms with E-state index in [-0.39, 0.29) is 28.3 Å². The Morgan fingerprint density at radius 2 is 1.84 bits per heavy atom. The van der Waals surface area contributed by atoms with Crippen molar-refractivity contribution in [3.8, 4) is 0 Å². The lowest BCUT2D eigenvalue weighted by Crippen LogP contribution is -2.40. The molecule has 4 heterocycles. The van der Waals surface area contributed by atoms with E-state index in [0.29, 0.717) is 12.3 Å². The van der Waals surface area contributed by atoms with Gasteiger partial charge in [0, 0.05) is 29.0 Å². The van der Waals surface area contributed by atoms with Crippen LogP contribution in [0.1, 0.15) is 22.7 Å². The third kappa shape index (κ3) is 2.85. The molecule has 0 saturated carbocycles. The lowest BCUT2D eigenvalue weighted by Gasteiger charge is -2.10. The van der Waals surface area contributed by atoms with Gasteiger partial charge in [-0.25, -0.2) is 9.18 Å².